The van der Waals surface area contributed by atoms with Crippen LogP contribution in [0.3, 0.4) is 0 Å². The van der Waals surface area contributed by atoms with Crippen LogP contribution >= 0.6 is 0 Å². The van der Waals surface area contributed by atoms with Crippen LogP contribution in [0.2, 0.25) is 0 Å². The van der Waals surface area contributed by atoms with Crippen molar-refractivity contribution in [1.82, 2.24) is 24.4 Å². The van der Waals surface area contributed by atoms with E-state index in [1.165, 1.54) is 10.6 Å². The SMILES string of the molecule is [2H]C([2H])([2H])NC(=O)c1cnc(NC(=O)C2CC2)cc1Nc1cn(CC(F)(F)F)c2ncn(CC)c(=O)c12. The molecule has 1 aliphatic carbocycles. The molecule has 0 atom stereocenters. The zero-order valence-electron chi connectivity index (χ0n) is 20.9. The minimum absolute atomic E-state index is 0.0213. The Labute approximate surface area is 195 Å². The fourth-order valence-electron chi connectivity index (χ4n) is 3.44. The highest BCUT2D eigenvalue weighted by Gasteiger charge is 2.31. The summed E-state index contributed by atoms with van der Waals surface area (Å²) in [5.74, 6) is -1.50. The van der Waals surface area contributed by atoms with Crippen LogP contribution in [0.4, 0.5) is 30.4 Å². The predicted octanol–water partition coefficient (Wildman–Crippen LogP) is 2.63. The summed E-state index contributed by atoms with van der Waals surface area (Å²) in [6, 6.07) is 1.23. The molecular formula is C21H22F3N7O3. The molecule has 0 radical (unpaired) electrons. The van der Waals surface area contributed by atoms with E-state index in [0.717, 1.165) is 23.3 Å². The number of hydrogen-bond donors (Lipinski definition) is 3. The number of carbonyl (C=O) groups excluding carboxylic acids is 2. The Balaban J connectivity index is 1.82. The molecule has 34 heavy (non-hydrogen) atoms. The predicted molar refractivity (Wildman–Crippen MR) is 118 cm³/mol. The van der Waals surface area contributed by atoms with Crippen molar-refractivity contribution < 1.29 is 26.9 Å². The number of aryl methyl sites for hydroxylation is 1. The van der Waals surface area contributed by atoms with E-state index >= 15 is 0 Å². The van der Waals surface area contributed by atoms with E-state index in [2.05, 4.69) is 20.6 Å². The average molecular weight is 480 g/mol. The summed E-state index contributed by atoms with van der Waals surface area (Å²) in [6.07, 6.45) is -0.0121. The lowest BCUT2D eigenvalue weighted by Gasteiger charge is -2.13. The molecule has 0 saturated heterocycles. The number of anilines is 3. The first kappa shape index (κ1) is 19.6. The first-order valence-electron chi connectivity index (χ1n) is 11.8. The van der Waals surface area contributed by atoms with E-state index in [-0.39, 0.29) is 52.2 Å². The molecule has 3 heterocycles. The molecule has 0 aliphatic heterocycles. The minimum atomic E-state index is -4.62. The molecule has 3 aromatic heterocycles. The molecule has 0 spiro atoms. The summed E-state index contributed by atoms with van der Waals surface area (Å²) in [7, 11) is 0. The van der Waals surface area contributed by atoms with E-state index in [0.29, 0.717) is 12.8 Å². The van der Waals surface area contributed by atoms with Gasteiger partial charge in [0.1, 0.15) is 23.4 Å². The van der Waals surface area contributed by atoms with Crippen LogP contribution < -0.4 is 21.5 Å². The van der Waals surface area contributed by atoms with Gasteiger partial charge in [0.05, 0.1) is 23.3 Å². The first-order valence-corrected chi connectivity index (χ1v) is 10.3. The molecule has 4 rings (SSSR count). The molecule has 1 fully saturated rings. The van der Waals surface area contributed by atoms with Gasteiger partial charge in [-0.05, 0) is 19.8 Å². The lowest BCUT2D eigenvalue weighted by Crippen LogP contribution is -2.22. The van der Waals surface area contributed by atoms with Crippen LogP contribution in [0.1, 0.15) is 34.2 Å². The van der Waals surface area contributed by atoms with Crippen molar-refractivity contribution >= 4 is 40.0 Å². The van der Waals surface area contributed by atoms with E-state index in [1.807, 2.05) is 5.32 Å². The highest BCUT2D eigenvalue weighted by molar-refractivity contribution is 6.03. The van der Waals surface area contributed by atoms with Gasteiger partial charge in [0.15, 0.2) is 0 Å². The molecule has 13 heteroatoms. The van der Waals surface area contributed by atoms with Crippen molar-refractivity contribution in [3.8, 4) is 0 Å². The average Bonchev–Trinajstić information content (AvgIpc) is 3.57. The standard InChI is InChI=1S/C21H22F3N7O3/c1-3-30-10-27-17-16(20(30)34)14(8-31(17)9-21(22,23)24)28-13-6-15(29-18(32)11-4-5-11)26-7-12(13)19(33)25-2/h6-8,10-11H,3-5,9H2,1-2H3,(H,25,33)(H2,26,28,29,32)/i2D3. The van der Waals surface area contributed by atoms with Crippen molar-refractivity contribution in [2.45, 2.75) is 39.0 Å². The quantitative estimate of drug-likeness (QED) is 0.478. The highest BCUT2D eigenvalue weighted by Crippen LogP contribution is 2.32. The summed E-state index contributed by atoms with van der Waals surface area (Å²) < 4.78 is 63.5. The van der Waals surface area contributed by atoms with Gasteiger partial charge in [-0.25, -0.2) is 9.97 Å². The first-order chi connectivity index (χ1) is 17.3. The van der Waals surface area contributed by atoms with Gasteiger partial charge in [-0.3, -0.25) is 19.0 Å². The molecule has 0 aromatic carbocycles. The molecular weight excluding hydrogens is 455 g/mol. The largest absolute Gasteiger partial charge is 0.406 e. The van der Waals surface area contributed by atoms with Gasteiger partial charge in [-0.1, -0.05) is 0 Å². The van der Waals surface area contributed by atoms with E-state index < -0.39 is 31.2 Å². The Bertz CT molecular complexity index is 1430. The maximum Gasteiger partial charge on any atom is 0.406 e. The number of carbonyl (C=O) groups is 2. The topological polar surface area (TPSA) is 123 Å². The Morgan fingerprint density at radius 2 is 2.00 bits per heavy atom. The second-order valence-electron chi connectivity index (χ2n) is 7.78. The lowest BCUT2D eigenvalue weighted by molar-refractivity contribution is -0.140. The molecule has 3 aromatic rings. The van der Waals surface area contributed by atoms with Crippen LogP contribution in [0.15, 0.2) is 29.6 Å². The summed E-state index contributed by atoms with van der Waals surface area (Å²) in [5, 5.41) is 6.99. The molecule has 1 aliphatic rings. The number of aromatic nitrogens is 4. The minimum Gasteiger partial charge on any atom is -0.355 e. The molecule has 0 unspecified atom stereocenters. The fourth-order valence-corrected chi connectivity index (χ4v) is 3.44. The van der Waals surface area contributed by atoms with Gasteiger partial charge in [0.25, 0.3) is 11.5 Å². The smallest absolute Gasteiger partial charge is 0.355 e. The number of amides is 2. The third-order valence-corrected chi connectivity index (χ3v) is 5.27. The molecule has 3 N–H and O–H groups in total. The van der Waals surface area contributed by atoms with E-state index in [4.69, 9.17) is 4.11 Å². The fraction of sp³-hybridized carbons (Fsp3) is 0.381. The van der Waals surface area contributed by atoms with Gasteiger partial charge in [-0.15, -0.1) is 0 Å². The highest BCUT2D eigenvalue weighted by atomic mass is 19.4. The summed E-state index contributed by atoms with van der Waals surface area (Å²) in [5.41, 5.74) is -1.34. The van der Waals surface area contributed by atoms with E-state index in [9.17, 15) is 27.6 Å². The van der Waals surface area contributed by atoms with Gasteiger partial charge < -0.3 is 20.5 Å². The van der Waals surface area contributed by atoms with Crippen LogP contribution in [-0.2, 0) is 17.9 Å². The lowest BCUT2D eigenvalue weighted by atomic mass is 10.2. The molecule has 180 valence electrons. The zero-order chi connectivity index (χ0) is 27.1. The third-order valence-electron chi connectivity index (χ3n) is 5.27. The number of nitrogens with zero attached hydrogens (tertiary/aromatic N) is 4. The van der Waals surface area contributed by atoms with E-state index in [1.54, 1.807) is 6.92 Å². The van der Waals surface area contributed by atoms with Crippen molar-refractivity contribution in [3.05, 3.63) is 40.7 Å². The molecule has 1 saturated carbocycles. The Morgan fingerprint density at radius 3 is 2.65 bits per heavy atom. The van der Waals surface area contributed by atoms with Crippen LogP contribution in [-0.4, -0.2) is 44.1 Å². The third kappa shape index (κ3) is 4.72. The van der Waals surface area contributed by atoms with Crippen LogP contribution in [0.5, 0.6) is 0 Å². The number of rotatable bonds is 7. The number of halogens is 3. The maximum absolute atomic E-state index is 13.2. The maximum atomic E-state index is 13.2. The van der Waals surface area contributed by atoms with Crippen molar-refractivity contribution in [3.63, 3.8) is 0 Å². The van der Waals surface area contributed by atoms with Crippen molar-refractivity contribution in [2.75, 3.05) is 17.6 Å². The van der Waals surface area contributed by atoms with Crippen molar-refractivity contribution in [2.24, 2.45) is 5.92 Å². The summed E-state index contributed by atoms with van der Waals surface area (Å²) >= 11 is 0. The second kappa shape index (κ2) is 8.80. The number of pyridine rings is 1. The Kier molecular flexibility index (Phi) is 5.06. The Hall–Kier alpha value is -3.90. The summed E-state index contributed by atoms with van der Waals surface area (Å²) in [6.45, 7) is -2.41. The van der Waals surface area contributed by atoms with Crippen LogP contribution in [0, 0.1) is 5.92 Å². The van der Waals surface area contributed by atoms with Crippen molar-refractivity contribution in [1.29, 1.82) is 0 Å². The molecule has 2 amide bonds. The van der Waals surface area contributed by atoms with Gasteiger partial charge in [0, 0.05) is 42.0 Å². The number of alkyl halides is 3. The second-order valence-corrected chi connectivity index (χ2v) is 7.78. The van der Waals surface area contributed by atoms with Gasteiger partial charge in [-0.2, -0.15) is 13.2 Å². The normalized spacial score (nSPS) is 15.4. The number of hydrogen-bond acceptors (Lipinski definition) is 6. The molecule has 0 bridgehead atoms. The summed E-state index contributed by atoms with van der Waals surface area (Å²) in [4.78, 5) is 45.9. The monoisotopic (exact) mass is 480 g/mol. The zero-order valence-corrected chi connectivity index (χ0v) is 17.9. The van der Waals surface area contributed by atoms with Gasteiger partial charge in [0.2, 0.25) is 5.91 Å². The number of fused-ring (bicyclic) bond motifs is 1. The Morgan fingerprint density at radius 1 is 1.24 bits per heavy atom. The van der Waals surface area contributed by atoms with Crippen LogP contribution in [0.25, 0.3) is 11.0 Å². The number of nitrogens with one attached hydrogen (secondary N) is 3. The molecule has 10 nitrogen and oxygen atoms in total. The van der Waals surface area contributed by atoms with Gasteiger partial charge >= 0.3 is 6.18 Å².